The predicted octanol–water partition coefficient (Wildman–Crippen LogP) is 4.73. The first-order valence-corrected chi connectivity index (χ1v) is 15.9. The van der Waals surface area contributed by atoms with Gasteiger partial charge in [0.2, 0.25) is 5.91 Å². The summed E-state index contributed by atoms with van der Waals surface area (Å²) in [4.78, 5) is 37.1. The van der Waals surface area contributed by atoms with Crippen LogP contribution in [0.4, 0.5) is 0 Å². The van der Waals surface area contributed by atoms with Crippen LogP contribution in [0, 0.1) is 0 Å². The Morgan fingerprint density at radius 1 is 0.868 bits per heavy atom. The van der Waals surface area contributed by atoms with Crippen LogP contribution >= 0.6 is 7.82 Å². The summed E-state index contributed by atoms with van der Waals surface area (Å²) in [6.07, 6.45) is 17.7. The molecular weight excluding hydrogens is 511 g/mol. The van der Waals surface area contributed by atoms with E-state index in [1.54, 1.807) is 0 Å². The number of phosphoric acid groups is 1. The average Bonchev–Trinajstić information content (AvgIpc) is 2.84. The summed E-state index contributed by atoms with van der Waals surface area (Å²) >= 11 is 0. The third-order valence-corrected chi connectivity index (χ3v) is 7.24. The lowest BCUT2D eigenvalue weighted by atomic mass is 10.0. The number of phosphoric ester groups is 1. The van der Waals surface area contributed by atoms with E-state index in [0.29, 0.717) is 22.5 Å². The van der Waals surface area contributed by atoms with Gasteiger partial charge in [0.05, 0.1) is 34.9 Å². The van der Waals surface area contributed by atoms with Gasteiger partial charge >= 0.3 is 5.97 Å². The molecule has 0 fully saturated rings. The Morgan fingerprint density at radius 3 is 1.71 bits per heavy atom. The smallest absolute Gasteiger partial charge is 0.333 e. The van der Waals surface area contributed by atoms with Gasteiger partial charge in [0.1, 0.15) is 13.2 Å². The predicted molar refractivity (Wildman–Crippen MR) is 147 cm³/mol. The number of quaternary nitrogens is 1. The fourth-order valence-electron chi connectivity index (χ4n) is 3.97. The Bertz CT molecular complexity index is 672. The zero-order valence-corrected chi connectivity index (χ0v) is 25.6. The largest absolute Gasteiger partial charge is 0.755 e. The van der Waals surface area contributed by atoms with Crippen LogP contribution < -0.4 is 4.89 Å². The van der Waals surface area contributed by atoms with Crippen molar-refractivity contribution in [1.82, 2.24) is 5.06 Å². The summed E-state index contributed by atoms with van der Waals surface area (Å²) in [6, 6.07) is -1.60. The highest BCUT2D eigenvalue weighted by Crippen LogP contribution is 2.40. The Hall–Kier alpha value is -1.03. The second-order valence-corrected chi connectivity index (χ2v) is 12.3. The van der Waals surface area contributed by atoms with Gasteiger partial charge in [0.15, 0.2) is 6.04 Å². The average molecular weight is 567 g/mol. The second kappa shape index (κ2) is 21.8. The van der Waals surface area contributed by atoms with Crippen LogP contribution in [0.15, 0.2) is 0 Å². The molecule has 0 heterocycles. The third-order valence-electron chi connectivity index (χ3n) is 6.37. The van der Waals surface area contributed by atoms with Crippen molar-refractivity contribution in [2.45, 2.75) is 116 Å². The number of methoxy groups -OCH3 is 1. The maximum absolute atomic E-state index is 12.8. The lowest BCUT2D eigenvalue weighted by molar-refractivity contribution is -0.870. The number of ether oxygens (including phenoxy) is 1. The lowest BCUT2D eigenvalue weighted by Crippen LogP contribution is -2.48. The lowest BCUT2D eigenvalue weighted by Gasteiger charge is -2.33. The summed E-state index contributed by atoms with van der Waals surface area (Å²) in [5.74, 6) is -1.71. The number of esters is 1. The van der Waals surface area contributed by atoms with E-state index in [9.17, 15) is 24.2 Å². The molecule has 0 saturated carbocycles. The topological polar surface area (TPSA) is 125 Å². The van der Waals surface area contributed by atoms with Gasteiger partial charge in [-0.1, -0.05) is 96.8 Å². The summed E-state index contributed by atoms with van der Waals surface area (Å²) in [6.45, 7) is 1.61. The normalized spacial score (nSPS) is 14.2. The fourth-order valence-corrected chi connectivity index (χ4v) is 4.74. The highest BCUT2D eigenvalue weighted by atomic mass is 31.2. The molecule has 0 aliphatic carbocycles. The van der Waals surface area contributed by atoms with Crippen molar-refractivity contribution in [3.05, 3.63) is 0 Å². The van der Waals surface area contributed by atoms with Crippen LogP contribution in [-0.2, 0) is 28.0 Å². The number of aliphatic hydroxyl groups excluding tert-OH is 1. The maximum atomic E-state index is 12.8. The van der Waals surface area contributed by atoms with Gasteiger partial charge in [-0.15, -0.1) is 0 Å². The van der Waals surface area contributed by atoms with Crippen molar-refractivity contribution in [3.8, 4) is 0 Å². The highest BCUT2D eigenvalue weighted by Gasteiger charge is 2.34. The molecule has 0 radical (unpaired) electrons. The van der Waals surface area contributed by atoms with E-state index in [4.69, 9.17) is 9.15 Å². The standard InChI is InChI=1S/C27H55N2O8P/c1-6-7-8-9-10-11-12-13-14-15-16-17-18-19-20-21-26(31)28(25(24-30)27(32)35-5)37-38(33,34)36-23-22-29(2,3)4/h25,30H,6-24H2,1-5H3/t25-/m1/s1. The molecule has 0 spiro atoms. The monoisotopic (exact) mass is 566 g/mol. The van der Waals surface area contributed by atoms with Crippen LogP contribution in [0.2, 0.25) is 0 Å². The molecule has 2 atom stereocenters. The molecule has 0 aromatic rings. The molecule has 38 heavy (non-hydrogen) atoms. The molecular formula is C27H55N2O8P. The number of hydrogen-bond acceptors (Lipinski definition) is 8. The molecule has 1 N–H and O–H groups in total. The first-order valence-electron chi connectivity index (χ1n) is 14.4. The highest BCUT2D eigenvalue weighted by molar-refractivity contribution is 7.45. The summed E-state index contributed by atoms with van der Waals surface area (Å²) in [5, 5.41) is 10.0. The molecule has 0 bridgehead atoms. The van der Waals surface area contributed by atoms with E-state index in [-0.39, 0.29) is 13.0 Å². The molecule has 1 unspecified atom stereocenters. The van der Waals surface area contributed by atoms with Crippen LogP contribution in [0.1, 0.15) is 110 Å². The number of likely N-dealkylation sites (N-methyl/N-ethyl adjacent to an activating group) is 1. The first kappa shape index (κ1) is 37.0. The molecule has 1 amide bonds. The first-order chi connectivity index (χ1) is 18.0. The van der Waals surface area contributed by atoms with E-state index in [0.717, 1.165) is 26.4 Å². The van der Waals surface area contributed by atoms with Gasteiger partial charge in [-0.25, -0.2) is 4.79 Å². The van der Waals surface area contributed by atoms with E-state index in [1.807, 2.05) is 21.1 Å². The zero-order valence-electron chi connectivity index (χ0n) is 24.7. The number of unbranched alkanes of at least 4 members (excludes halogenated alkanes) is 14. The summed E-state index contributed by atoms with van der Waals surface area (Å²) in [5.41, 5.74) is 0. The van der Waals surface area contributed by atoms with Crippen molar-refractivity contribution in [3.63, 3.8) is 0 Å². The number of hydroxylamine groups is 2. The number of carbonyl (C=O) groups is 2. The molecule has 0 aliphatic rings. The van der Waals surface area contributed by atoms with Crippen molar-refractivity contribution in [1.29, 1.82) is 0 Å². The van der Waals surface area contributed by atoms with Crippen molar-refractivity contribution >= 4 is 19.7 Å². The second-order valence-electron chi connectivity index (χ2n) is 11.0. The Kier molecular flexibility index (Phi) is 21.2. The van der Waals surface area contributed by atoms with Crippen molar-refractivity contribution in [2.24, 2.45) is 0 Å². The van der Waals surface area contributed by atoms with Crippen LogP contribution in [0.25, 0.3) is 0 Å². The van der Waals surface area contributed by atoms with Gasteiger partial charge in [0, 0.05) is 6.42 Å². The van der Waals surface area contributed by atoms with Crippen LogP contribution in [0.3, 0.4) is 0 Å². The van der Waals surface area contributed by atoms with E-state index in [2.05, 4.69) is 11.7 Å². The van der Waals surface area contributed by atoms with E-state index >= 15 is 0 Å². The van der Waals surface area contributed by atoms with Gasteiger partial charge in [-0.3, -0.25) is 9.36 Å². The zero-order chi connectivity index (χ0) is 28.9. The SMILES string of the molecule is CCCCCCCCCCCCCCCCCC(=O)N(OP(=O)([O-])OCC[N+](C)(C)C)[C@H](CO)C(=O)OC. The maximum Gasteiger partial charge on any atom is 0.333 e. The molecule has 0 aliphatic heterocycles. The number of nitrogens with zero attached hydrogens (tertiary/aromatic N) is 2. The number of hydrogen-bond donors (Lipinski definition) is 1. The molecule has 10 nitrogen and oxygen atoms in total. The molecule has 0 aromatic heterocycles. The fraction of sp³-hybridized carbons (Fsp3) is 0.926. The molecule has 0 saturated heterocycles. The van der Waals surface area contributed by atoms with Gasteiger partial charge in [0.25, 0.3) is 7.82 Å². The van der Waals surface area contributed by atoms with E-state index in [1.165, 1.54) is 70.6 Å². The minimum Gasteiger partial charge on any atom is -0.755 e. The molecule has 11 heteroatoms. The Balaban J connectivity index is 4.37. The van der Waals surface area contributed by atoms with Crippen molar-refractivity contribution < 1.29 is 42.5 Å². The van der Waals surface area contributed by atoms with Gasteiger partial charge in [-0.2, -0.15) is 9.69 Å². The summed E-state index contributed by atoms with van der Waals surface area (Å²) in [7, 11) is 1.73. The number of amides is 1. The minimum atomic E-state index is -4.95. The molecule has 0 rings (SSSR count). The van der Waals surface area contributed by atoms with Crippen molar-refractivity contribution in [2.75, 3.05) is 48.0 Å². The number of carbonyl (C=O) groups excluding carboxylic acids is 2. The van der Waals surface area contributed by atoms with E-state index < -0.39 is 32.3 Å². The minimum absolute atomic E-state index is 0.0232. The van der Waals surface area contributed by atoms with Crippen LogP contribution in [-0.4, -0.2) is 80.6 Å². The number of aliphatic hydroxyl groups is 1. The van der Waals surface area contributed by atoms with Gasteiger partial charge in [-0.05, 0) is 6.42 Å². The molecule has 226 valence electrons. The quantitative estimate of drug-likeness (QED) is 0.0553. The Morgan fingerprint density at radius 2 is 1.32 bits per heavy atom. The number of rotatable bonds is 25. The van der Waals surface area contributed by atoms with Crippen LogP contribution in [0.5, 0.6) is 0 Å². The summed E-state index contributed by atoms with van der Waals surface area (Å²) < 4.78 is 27.1. The Labute approximate surface area is 231 Å². The van der Waals surface area contributed by atoms with Gasteiger partial charge < -0.3 is 23.7 Å². The third kappa shape index (κ3) is 20.0. The molecule has 0 aromatic carbocycles.